The van der Waals surface area contributed by atoms with Crippen LogP contribution < -0.4 is 5.73 Å². The normalized spacial score (nSPS) is 24.1. The van der Waals surface area contributed by atoms with Gasteiger partial charge in [0.1, 0.15) is 5.69 Å². The molecule has 4 nitrogen and oxygen atoms in total. The molecule has 2 heterocycles. The van der Waals surface area contributed by atoms with Gasteiger partial charge in [-0.25, -0.2) is 0 Å². The zero-order valence-corrected chi connectivity index (χ0v) is 11.1. The fourth-order valence-corrected chi connectivity index (χ4v) is 2.63. The van der Waals surface area contributed by atoms with Crippen LogP contribution in [0.15, 0.2) is 18.3 Å². The molecule has 1 saturated heterocycles. The Balaban J connectivity index is 2.18. The Morgan fingerprint density at radius 1 is 1.39 bits per heavy atom. The van der Waals surface area contributed by atoms with E-state index in [1.165, 1.54) is 6.42 Å². The van der Waals surface area contributed by atoms with Crippen molar-refractivity contribution in [3.63, 3.8) is 0 Å². The Morgan fingerprint density at radius 3 is 2.56 bits per heavy atom. The Morgan fingerprint density at radius 2 is 2.06 bits per heavy atom. The van der Waals surface area contributed by atoms with Gasteiger partial charge >= 0.3 is 0 Å². The lowest BCUT2D eigenvalue weighted by molar-refractivity contribution is 0.0504. The third-order valence-electron chi connectivity index (χ3n) is 3.71. The Labute approximate surface area is 108 Å². The molecule has 0 radical (unpaired) electrons. The van der Waals surface area contributed by atoms with Crippen LogP contribution in [-0.4, -0.2) is 27.9 Å². The summed E-state index contributed by atoms with van der Waals surface area (Å²) in [7, 11) is 0. The molecule has 1 aliphatic heterocycles. The first-order valence-corrected chi connectivity index (χ1v) is 6.61. The summed E-state index contributed by atoms with van der Waals surface area (Å²) in [5, 5.41) is 0. The maximum atomic E-state index is 12.5. The van der Waals surface area contributed by atoms with Crippen LogP contribution >= 0.6 is 0 Å². The van der Waals surface area contributed by atoms with Crippen molar-refractivity contribution in [3.05, 3.63) is 29.6 Å². The van der Waals surface area contributed by atoms with Crippen molar-refractivity contribution >= 4 is 5.91 Å². The van der Waals surface area contributed by atoms with Crippen LogP contribution in [0.25, 0.3) is 0 Å². The molecule has 2 atom stereocenters. The maximum absolute atomic E-state index is 12.5. The molecule has 0 spiro atoms. The molecule has 1 fully saturated rings. The molecule has 1 amide bonds. The molecular weight excluding hydrogens is 226 g/mol. The van der Waals surface area contributed by atoms with E-state index in [0.717, 1.165) is 18.4 Å². The summed E-state index contributed by atoms with van der Waals surface area (Å²) in [5.74, 6) is 0.0401. The molecule has 18 heavy (non-hydrogen) atoms. The number of carbonyl (C=O) groups excluding carboxylic acids is 1. The molecule has 2 N–H and O–H groups in total. The van der Waals surface area contributed by atoms with Crippen molar-refractivity contribution in [2.24, 2.45) is 5.73 Å². The summed E-state index contributed by atoms with van der Waals surface area (Å²) in [4.78, 5) is 18.6. The largest absolute Gasteiger partial charge is 0.332 e. The van der Waals surface area contributed by atoms with Crippen LogP contribution in [0, 0.1) is 0 Å². The fourth-order valence-electron chi connectivity index (χ4n) is 2.63. The highest BCUT2D eigenvalue weighted by molar-refractivity contribution is 5.92. The molecule has 0 saturated carbocycles. The fraction of sp³-hybridized carbons (Fsp3) is 0.571. The SMILES string of the molecule is CC1CCCC(C)N1C(=O)c1ccc(CN)cn1. The lowest BCUT2D eigenvalue weighted by atomic mass is 9.97. The Hall–Kier alpha value is -1.42. The number of aromatic nitrogens is 1. The van der Waals surface area contributed by atoms with Crippen molar-refractivity contribution in [1.29, 1.82) is 0 Å². The quantitative estimate of drug-likeness (QED) is 0.869. The molecule has 98 valence electrons. The predicted octanol–water partition coefficient (Wildman–Crippen LogP) is 1.94. The second-order valence-electron chi connectivity index (χ2n) is 5.10. The van der Waals surface area contributed by atoms with Gasteiger partial charge in [-0.2, -0.15) is 0 Å². The van der Waals surface area contributed by atoms with Gasteiger partial charge in [0.25, 0.3) is 5.91 Å². The van der Waals surface area contributed by atoms with Gasteiger partial charge in [-0.05, 0) is 44.7 Å². The van der Waals surface area contributed by atoms with Crippen LogP contribution in [0.4, 0.5) is 0 Å². The van der Waals surface area contributed by atoms with Crippen molar-refractivity contribution in [3.8, 4) is 0 Å². The third-order valence-corrected chi connectivity index (χ3v) is 3.71. The highest BCUT2D eigenvalue weighted by Crippen LogP contribution is 2.24. The topological polar surface area (TPSA) is 59.2 Å². The number of hydrogen-bond acceptors (Lipinski definition) is 3. The number of pyridine rings is 1. The van der Waals surface area contributed by atoms with E-state index in [1.807, 2.05) is 11.0 Å². The molecule has 2 unspecified atom stereocenters. The molecule has 1 aliphatic rings. The first kappa shape index (κ1) is 13.0. The van der Waals surface area contributed by atoms with E-state index in [0.29, 0.717) is 24.3 Å². The van der Waals surface area contributed by atoms with E-state index >= 15 is 0 Å². The number of nitrogens with two attached hydrogens (primary N) is 1. The molecule has 2 rings (SSSR count). The maximum Gasteiger partial charge on any atom is 0.272 e. The standard InChI is InChI=1S/C14H21N3O/c1-10-4-3-5-11(2)17(10)14(18)13-7-6-12(8-15)9-16-13/h6-7,9-11H,3-5,8,15H2,1-2H3. The Bertz CT molecular complexity index is 406. The minimum Gasteiger partial charge on any atom is -0.332 e. The van der Waals surface area contributed by atoms with E-state index in [1.54, 1.807) is 12.3 Å². The lowest BCUT2D eigenvalue weighted by Crippen LogP contribution is -2.47. The Kier molecular flexibility index (Phi) is 3.97. The van der Waals surface area contributed by atoms with E-state index in [9.17, 15) is 4.79 Å². The number of rotatable bonds is 2. The van der Waals surface area contributed by atoms with E-state index in [-0.39, 0.29) is 5.91 Å². The molecule has 4 heteroatoms. The van der Waals surface area contributed by atoms with Gasteiger partial charge in [0.15, 0.2) is 0 Å². The first-order chi connectivity index (χ1) is 8.63. The van der Waals surface area contributed by atoms with Crippen LogP contribution in [0.5, 0.6) is 0 Å². The average molecular weight is 247 g/mol. The van der Waals surface area contributed by atoms with Gasteiger partial charge in [0.2, 0.25) is 0 Å². The monoisotopic (exact) mass is 247 g/mol. The van der Waals surface area contributed by atoms with Gasteiger partial charge in [-0.15, -0.1) is 0 Å². The number of amides is 1. The van der Waals surface area contributed by atoms with Crippen LogP contribution in [-0.2, 0) is 6.54 Å². The summed E-state index contributed by atoms with van der Waals surface area (Å²) >= 11 is 0. The average Bonchev–Trinajstić information content (AvgIpc) is 2.38. The molecule has 1 aromatic heterocycles. The van der Waals surface area contributed by atoms with Crippen molar-refractivity contribution < 1.29 is 4.79 Å². The summed E-state index contributed by atoms with van der Waals surface area (Å²) in [6, 6.07) is 4.26. The highest BCUT2D eigenvalue weighted by atomic mass is 16.2. The number of carbonyl (C=O) groups is 1. The van der Waals surface area contributed by atoms with Crippen molar-refractivity contribution in [2.75, 3.05) is 0 Å². The number of nitrogens with zero attached hydrogens (tertiary/aromatic N) is 2. The molecule has 0 aliphatic carbocycles. The van der Waals surface area contributed by atoms with E-state index in [4.69, 9.17) is 5.73 Å². The van der Waals surface area contributed by atoms with Crippen LogP contribution in [0.2, 0.25) is 0 Å². The smallest absolute Gasteiger partial charge is 0.272 e. The third kappa shape index (κ3) is 2.53. The second kappa shape index (κ2) is 5.48. The van der Waals surface area contributed by atoms with Crippen molar-refractivity contribution in [1.82, 2.24) is 9.88 Å². The predicted molar refractivity (Wildman–Crippen MR) is 71.1 cm³/mol. The first-order valence-electron chi connectivity index (χ1n) is 6.61. The zero-order valence-electron chi connectivity index (χ0n) is 11.1. The van der Waals surface area contributed by atoms with Gasteiger partial charge in [0, 0.05) is 24.8 Å². The summed E-state index contributed by atoms with van der Waals surface area (Å²) < 4.78 is 0. The summed E-state index contributed by atoms with van der Waals surface area (Å²) in [6.07, 6.45) is 5.05. The van der Waals surface area contributed by atoms with Crippen LogP contribution in [0.3, 0.4) is 0 Å². The summed E-state index contributed by atoms with van der Waals surface area (Å²) in [6.45, 7) is 4.68. The molecule has 0 bridgehead atoms. The van der Waals surface area contributed by atoms with E-state index < -0.39 is 0 Å². The minimum absolute atomic E-state index is 0.0401. The van der Waals surface area contributed by atoms with E-state index in [2.05, 4.69) is 18.8 Å². The minimum atomic E-state index is 0.0401. The highest BCUT2D eigenvalue weighted by Gasteiger charge is 2.30. The summed E-state index contributed by atoms with van der Waals surface area (Å²) in [5.41, 5.74) is 7.00. The molecular formula is C14H21N3O. The second-order valence-corrected chi connectivity index (χ2v) is 5.10. The van der Waals surface area contributed by atoms with Gasteiger partial charge in [-0.1, -0.05) is 6.07 Å². The van der Waals surface area contributed by atoms with Gasteiger partial charge in [0.05, 0.1) is 0 Å². The molecule has 0 aromatic carbocycles. The van der Waals surface area contributed by atoms with Crippen molar-refractivity contribution in [2.45, 2.75) is 51.7 Å². The van der Waals surface area contributed by atoms with Gasteiger partial charge in [-0.3, -0.25) is 9.78 Å². The zero-order chi connectivity index (χ0) is 13.1. The lowest BCUT2D eigenvalue weighted by Gasteiger charge is -2.38. The number of piperidine rings is 1. The molecule has 1 aromatic rings. The number of likely N-dealkylation sites (tertiary alicyclic amines) is 1. The number of hydrogen-bond donors (Lipinski definition) is 1. The van der Waals surface area contributed by atoms with Crippen LogP contribution in [0.1, 0.15) is 49.2 Å². The van der Waals surface area contributed by atoms with Gasteiger partial charge < -0.3 is 10.6 Å².